The summed E-state index contributed by atoms with van der Waals surface area (Å²) >= 11 is 0. The fourth-order valence-electron chi connectivity index (χ4n) is 4.76. The van der Waals surface area contributed by atoms with Gasteiger partial charge in [0.25, 0.3) is 0 Å². The van der Waals surface area contributed by atoms with E-state index in [-0.39, 0.29) is 11.7 Å². The zero-order valence-corrected chi connectivity index (χ0v) is 20.0. The van der Waals surface area contributed by atoms with Crippen LogP contribution >= 0.6 is 0 Å². The lowest BCUT2D eigenvalue weighted by Gasteiger charge is -2.44. The van der Waals surface area contributed by atoms with E-state index in [4.69, 9.17) is 4.74 Å². The van der Waals surface area contributed by atoms with Crippen LogP contribution in [0.15, 0.2) is 34.9 Å². The number of ether oxygens (including phenoxy) is 1. The standard InChI is InChI=1S/C27H46O2/c1-7-8-9-17-26(5,28)18-10-12-21(2)13-11-19-27(6)20-16-24-15-14-22(3)23(4)25(24)29-27/h13-15,23,25,28H,7-12,16-20H2,1-6H3. The Hall–Kier alpha value is -0.860. The predicted molar refractivity (Wildman–Crippen MR) is 125 cm³/mol. The van der Waals surface area contributed by atoms with Crippen molar-refractivity contribution >= 4 is 0 Å². The highest BCUT2D eigenvalue weighted by Crippen LogP contribution is 2.41. The highest BCUT2D eigenvalue weighted by Gasteiger charge is 2.38. The van der Waals surface area contributed by atoms with Gasteiger partial charge in [0.05, 0.1) is 17.3 Å². The molecule has 4 unspecified atom stereocenters. The smallest absolute Gasteiger partial charge is 0.0858 e. The second-order valence-corrected chi connectivity index (χ2v) is 10.3. The monoisotopic (exact) mass is 402 g/mol. The van der Waals surface area contributed by atoms with Crippen LogP contribution in [0.25, 0.3) is 0 Å². The first-order valence-corrected chi connectivity index (χ1v) is 12.1. The molecule has 1 saturated heterocycles. The van der Waals surface area contributed by atoms with Crippen LogP contribution in [0.5, 0.6) is 0 Å². The number of hydrogen-bond donors (Lipinski definition) is 1. The topological polar surface area (TPSA) is 29.5 Å². The van der Waals surface area contributed by atoms with Crippen LogP contribution in [0.4, 0.5) is 0 Å². The molecule has 2 aliphatic rings. The summed E-state index contributed by atoms with van der Waals surface area (Å²) in [4.78, 5) is 0. The number of allylic oxidation sites excluding steroid dienone is 4. The van der Waals surface area contributed by atoms with Crippen LogP contribution in [-0.2, 0) is 4.74 Å². The fourth-order valence-corrected chi connectivity index (χ4v) is 4.76. The van der Waals surface area contributed by atoms with Crippen molar-refractivity contribution in [3.8, 4) is 0 Å². The molecule has 2 nitrogen and oxygen atoms in total. The number of fused-ring (bicyclic) bond motifs is 1. The molecular weight excluding hydrogens is 356 g/mol. The minimum absolute atomic E-state index is 0.00633. The van der Waals surface area contributed by atoms with Crippen molar-refractivity contribution in [2.45, 2.75) is 129 Å². The third-order valence-corrected chi connectivity index (χ3v) is 7.22. The van der Waals surface area contributed by atoms with Crippen LogP contribution in [-0.4, -0.2) is 22.4 Å². The van der Waals surface area contributed by atoms with E-state index in [1.165, 1.54) is 36.0 Å². The SMILES string of the molecule is CCCCCC(C)(O)CCCC(C)=CCCC1(C)CCC2=CC=C(C)C(C)C2O1. The third-order valence-electron chi connectivity index (χ3n) is 7.22. The molecule has 1 N–H and O–H groups in total. The Morgan fingerprint density at radius 1 is 1.28 bits per heavy atom. The van der Waals surface area contributed by atoms with Crippen molar-refractivity contribution in [1.29, 1.82) is 0 Å². The van der Waals surface area contributed by atoms with Gasteiger partial charge in [-0.25, -0.2) is 0 Å². The van der Waals surface area contributed by atoms with Gasteiger partial charge in [0.1, 0.15) is 0 Å². The van der Waals surface area contributed by atoms with Crippen LogP contribution < -0.4 is 0 Å². The van der Waals surface area contributed by atoms with Crippen molar-refractivity contribution in [2.24, 2.45) is 5.92 Å². The minimum Gasteiger partial charge on any atom is -0.390 e. The summed E-state index contributed by atoms with van der Waals surface area (Å²) in [6, 6.07) is 0. The van der Waals surface area contributed by atoms with Gasteiger partial charge in [-0.05, 0) is 84.6 Å². The highest BCUT2D eigenvalue weighted by molar-refractivity contribution is 5.30. The first kappa shape index (κ1) is 24.4. The van der Waals surface area contributed by atoms with Gasteiger partial charge in [0, 0.05) is 5.92 Å². The minimum atomic E-state index is -0.493. The van der Waals surface area contributed by atoms with Crippen LogP contribution in [0, 0.1) is 5.92 Å². The third kappa shape index (κ3) is 7.72. The van der Waals surface area contributed by atoms with Gasteiger partial charge in [0.15, 0.2) is 0 Å². The Morgan fingerprint density at radius 3 is 2.72 bits per heavy atom. The van der Waals surface area contributed by atoms with Gasteiger partial charge < -0.3 is 9.84 Å². The zero-order chi connectivity index (χ0) is 21.5. The lowest BCUT2D eigenvalue weighted by molar-refractivity contribution is -0.110. The van der Waals surface area contributed by atoms with E-state index in [0.717, 1.165) is 51.4 Å². The van der Waals surface area contributed by atoms with Crippen molar-refractivity contribution in [3.05, 3.63) is 34.9 Å². The van der Waals surface area contributed by atoms with Crippen LogP contribution in [0.1, 0.15) is 112 Å². The Bertz CT molecular complexity index is 610. The summed E-state index contributed by atoms with van der Waals surface area (Å²) < 4.78 is 6.64. The Kier molecular flexibility index (Phi) is 9.22. The average molecular weight is 403 g/mol. The molecule has 4 atom stereocenters. The van der Waals surface area contributed by atoms with E-state index < -0.39 is 5.60 Å². The van der Waals surface area contributed by atoms with Crippen LogP contribution in [0.3, 0.4) is 0 Å². The van der Waals surface area contributed by atoms with E-state index in [0.29, 0.717) is 5.92 Å². The lowest BCUT2D eigenvalue weighted by atomic mass is 9.78. The summed E-state index contributed by atoms with van der Waals surface area (Å²) in [7, 11) is 0. The molecule has 166 valence electrons. The number of unbranched alkanes of at least 4 members (excludes halogenated alkanes) is 2. The van der Waals surface area contributed by atoms with E-state index in [1.54, 1.807) is 0 Å². The second kappa shape index (κ2) is 11.0. The Labute approximate surface area is 180 Å². The Morgan fingerprint density at radius 2 is 2.00 bits per heavy atom. The Balaban J connectivity index is 1.73. The summed E-state index contributed by atoms with van der Waals surface area (Å²) in [5.74, 6) is 0.497. The summed E-state index contributed by atoms with van der Waals surface area (Å²) in [6.07, 6.45) is 19.3. The van der Waals surface area contributed by atoms with E-state index in [1.807, 2.05) is 6.92 Å². The molecule has 0 aromatic heterocycles. The first-order chi connectivity index (χ1) is 13.7. The molecule has 1 aliphatic heterocycles. The number of hydrogen-bond acceptors (Lipinski definition) is 2. The molecule has 2 rings (SSSR count). The molecule has 2 heteroatoms. The zero-order valence-electron chi connectivity index (χ0n) is 20.0. The van der Waals surface area contributed by atoms with Gasteiger partial charge in [0.2, 0.25) is 0 Å². The number of aliphatic hydroxyl groups is 1. The van der Waals surface area contributed by atoms with E-state index in [2.05, 4.69) is 52.8 Å². The fraction of sp³-hybridized carbons (Fsp3) is 0.778. The van der Waals surface area contributed by atoms with Gasteiger partial charge in [-0.1, -0.05) is 62.5 Å². The molecular formula is C27H46O2. The molecule has 0 saturated carbocycles. The molecule has 0 aromatic rings. The molecule has 29 heavy (non-hydrogen) atoms. The molecule has 1 fully saturated rings. The predicted octanol–water partition coefficient (Wildman–Crippen LogP) is 7.67. The first-order valence-electron chi connectivity index (χ1n) is 12.1. The summed E-state index contributed by atoms with van der Waals surface area (Å²) in [6.45, 7) is 13.3. The largest absolute Gasteiger partial charge is 0.390 e. The molecule has 1 aliphatic carbocycles. The molecule has 0 aromatic carbocycles. The maximum absolute atomic E-state index is 10.5. The van der Waals surface area contributed by atoms with Gasteiger partial charge >= 0.3 is 0 Å². The molecule has 1 heterocycles. The van der Waals surface area contributed by atoms with Gasteiger partial charge in [-0.3, -0.25) is 0 Å². The van der Waals surface area contributed by atoms with E-state index >= 15 is 0 Å². The van der Waals surface area contributed by atoms with Crippen molar-refractivity contribution in [2.75, 3.05) is 0 Å². The maximum Gasteiger partial charge on any atom is 0.0858 e. The molecule has 0 radical (unpaired) electrons. The molecule has 0 bridgehead atoms. The van der Waals surface area contributed by atoms with Crippen LogP contribution in [0.2, 0.25) is 0 Å². The van der Waals surface area contributed by atoms with Crippen molar-refractivity contribution in [3.63, 3.8) is 0 Å². The normalized spacial score (nSPS) is 29.7. The summed E-state index contributed by atoms with van der Waals surface area (Å²) in [5.41, 5.74) is 3.88. The average Bonchev–Trinajstić information content (AvgIpc) is 2.65. The highest BCUT2D eigenvalue weighted by atomic mass is 16.5. The van der Waals surface area contributed by atoms with E-state index in [9.17, 15) is 5.11 Å². The van der Waals surface area contributed by atoms with Crippen molar-refractivity contribution in [1.82, 2.24) is 0 Å². The van der Waals surface area contributed by atoms with Gasteiger partial charge in [-0.2, -0.15) is 0 Å². The molecule has 0 spiro atoms. The second-order valence-electron chi connectivity index (χ2n) is 10.3. The van der Waals surface area contributed by atoms with Crippen molar-refractivity contribution < 1.29 is 9.84 Å². The maximum atomic E-state index is 10.5. The van der Waals surface area contributed by atoms with Gasteiger partial charge in [-0.15, -0.1) is 0 Å². The number of rotatable bonds is 11. The molecule has 0 amide bonds. The summed E-state index contributed by atoms with van der Waals surface area (Å²) in [5, 5.41) is 10.5. The lowest BCUT2D eigenvalue weighted by Crippen LogP contribution is -2.43. The quantitative estimate of drug-likeness (QED) is 0.284.